The van der Waals surface area contributed by atoms with Crippen LogP contribution >= 0.6 is 0 Å². The molecule has 3 heteroatoms. The van der Waals surface area contributed by atoms with Crippen LogP contribution in [0, 0.1) is 0 Å². The second kappa shape index (κ2) is 8.97. The molecule has 1 N–H and O–H groups in total. The first-order valence-electron chi connectivity index (χ1n) is 8.96. The van der Waals surface area contributed by atoms with Crippen molar-refractivity contribution in [3.63, 3.8) is 0 Å². The second-order valence-electron chi connectivity index (χ2n) is 6.31. The van der Waals surface area contributed by atoms with Gasteiger partial charge in [-0.2, -0.15) is 0 Å². The topological polar surface area (TPSA) is 32.3 Å². The number of anilines is 1. The molecule has 1 amide bonds. The number of nitrogens with one attached hydrogen (secondary N) is 1. The maximum absolute atomic E-state index is 12.2. The number of benzene rings is 3. The van der Waals surface area contributed by atoms with Crippen LogP contribution in [-0.2, 0) is 13.1 Å². The predicted molar refractivity (Wildman–Crippen MR) is 107 cm³/mol. The molecule has 0 saturated heterocycles. The van der Waals surface area contributed by atoms with Crippen LogP contribution in [0.25, 0.3) is 0 Å². The third-order valence-electron chi connectivity index (χ3n) is 4.35. The molecule has 0 aliphatic heterocycles. The van der Waals surface area contributed by atoms with Crippen LogP contribution in [0.5, 0.6) is 0 Å². The Morgan fingerprint density at radius 2 is 1.31 bits per heavy atom. The number of hydrogen-bond acceptors (Lipinski definition) is 2. The summed E-state index contributed by atoms with van der Waals surface area (Å²) in [6.07, 6.45) is 0. The number of hydrogen-bond donors (Lipinski definition) is 1. The lowest BCUT2D eigenvalue weighted by Crippen LogP contribution is -2.22. The molecular weight excluding hydrogens is 320 g/mol. The van der Waals surface area contributed by atoms with Gasteiger partial charge in [0.05, 0.1) is 0 Å². The maximum atomic E-state index is 12.2. The van der Waals surface area contributed by atoms with Crippen molar-refractivity contribution in [1.82, 2.24) is 4.90 Å². The first kappa shape index (κ1) is 17.9. The minimum absolute atomic E-state index is 0.0855. The highest BCUT2D eigenvalue weighted by molar-refractivity contribution is 6.04. The molecule has 0 aliphatic rings. The van der Waals surface area contributed by atoms with Gasteiger partial charge >= 0.3 is 0 Å². The van der Waals surface area contributed by atoms with Crippen LogP contribution < -0.4 is 5.32 Å². The van der Waals surface area contributed by atoms with Gasteiger partial charge in [0.15, 0.2) is 0 Å². The van der Waals surface area contributed by atoms with Gasteiger partial charge in [-0.05, 0) is 41.9 Å². The van der Waals surface area contributed by atoms with Gasteiger partial charge in [0, 0.05) is 24.3 Å². The lowest BCUT2D eigenvalue weighted by molar-refractivity contribution is 0.102. The zero-order valence-corrected chi connectivity index (χ0v) is 15.1. The van der Waals surface area contributed by atoms with Crippen LogP contribution in [0.3, 0.4) is 0 Å². The summed E-state index contributed by atoms with van der Waals surface area (Å²) in [7, 11) is 0. The molecule has 0 aliphatic carbocycles. The van der Waals surface area contributed by atoms with E-state index in [-0.39, 0.29) is 5.91 Å². The highest BCUT2D eigenvalue weighted by atomic mass is 16.1. The molecule has 26 heavy (non-hydrogen) atoms. The Morgan fingerprint density at radius 1 is 0.769 bits per heavy atom. The fourth-order valence-corrected chi connectivity index (χ4v) is 2.87. The summed E-state index contributed by atoms with van der Waals surface area (Å²) >= 11 is 0. The number of carbonyl (C=O) groups excluding carboxylic acids is 1. The molecular formula is C23H24N2O. The molecule has 0 aromatic heterocycles. The van der Waals surface area contributed by atoms with Crippen molar-refractivity contribution in [1.29, 1.82) is 0 Å². The van der Waals surface area contributed by atoms with Crippen molar-refractivity contribution >= 4 is 11.6 Å². The number of carbonyl (C=O) groups is 1. The monoisotopic (exact) mass is 344 g/mol. The Labute approximate surface area is 155 Å². The van der Waals surface area contributed by atoms with Gasteiger partial charge in [0.2, 0.25) is 0 Å². The van der Waals surface area contributed by atoms with Crippen LogP contribution in [0.4, 0.5) is 5.69 Å². The van der Waals surface area contributed by atoms with Gasteiger partial charge in [-0.3, -0.25) is 9.69 Å². The minimum atomic E-state index is -0.0855. The summed E-state index contributed by atoms with van der Waals surface area (Å²) in [6.45, 7) is 4.99. The molecule has 3 nitrogen and oxygen atoms in total. The normalized spacial score (nSPS) is 10.7. The average molecular weight is 344 g/mol. The summed E-state index contributed by atoms with van der Waals surface area (Å²) in [6, 6.07) is 27.9. The summed E-state index contributed by atoms with van der Waals surface area (Å²) < 4.78 is 0. The number of nitrogens with zero attached hydrogens (tertiary/aromatic N) is 1. The predicted octanol–water partition coefficient (Wildman–Crippen LogP) is 4.96. The third kappa shape index (κ3) is 5.04. The highest BCUT2D eigenvalue weighted by Gasteiger charge is 2.07. The molecule has 0 fully saturated rings. The number of amides is 1. The zero-order chi connectivity index (χ0) is 18.2. The summed E-state index contributed by atoms with van der Waals surface area (Å²) in [5.41, 5.74) is 4.03. The Morgan fingerprint density at radius 3 is 1.88 bits per heavy atom. The van der Waals surface area contributed by atoms with Crippen LogP contribution in [0.15, 0.2) is 84.9 Å². The van der Waals surface area contributed by atoms with Crippen molar-refractivity contribution in [2.45, 2.75) is 20.0 Å². The summed E-state index contributed by atoms with van der Waals surface area (Å²) in [4.78, 5) is 14.6. The van der Waals surface area contributed by atoms with Gasteiger partial charge in [-0.1, -0.05) is 67.6 Å². The first-order valence-corrected chi connectivity index (χ1v) is 8.96. The van der Waals surface area contributed by atoms with E-state index >= 15 is 0 Å². The lowest BCUT2D eigenvalue weighted by Gasteiger charge is -2.20. The molecule has 3 aromatic carbocycles. The van der Waals surface area contributed by atoms with Crippen molar-refractivity contribution in [3.8, 4) is 0 Å². The summed E-state index contributed by atoms with van der Waals surface area (Å²) in [5, 5.41) is 2.94. The van der Waals surface area contributed by atoms with E-state index < -0.39 is 0 Å². The van der Waals surface area contributed by atoms with Crippen LogP contribution in [-0.4, -0.2) is 17.4 Å². The number of rotatable bonds is 7. The second-order valence-corrected chi connectivity index (χ2v) is 6.31. The molecule has 0 unspecified atom stereocenters. The van der Waals surface area contributed by atoms with E-state index in [0.717, 1.165) is 25.3 Å². The van der Waals surface area contributed by atoms with E-state index in [1.165, 1.54) is 11.1 Å². The Kier molecular flexibility index (Phi) is 6.18. The molecule has 3 aromatic rings. The van der Waals surface area contributed by atoms with Gasteiger partial charge in [0.25, 0.3) is 5.91 Å². The third-order valence-corrected chi connectivity index (χ3v) is 4.35. The lowest BCUT2D eigenvalue weighted by atomic mass is 10.1. The first-order chi connectivity index (χ1) is 12.7. The molecule has 0 radical (unpaired) electrons. The van der Waals surface area contributed by atoms with Gasteiger partial charge in [-0.15, -0.1) is 0 Å². The van der Waals surface area contributed by atoms with Crippen molar-refractivity contribution in [2.24, 2.45) is 0 Å². The largest absolute Gasteiger partial charge is 0.322 e. The van der Waals surface area contributed by atoms with E-state index in [2.05, 4.69) is 53.5 Å². The van der Waals surface area contributed by atoms with Crippen LogP contribution in [0.1, 0.15) is 28.4 Å². The van der Waals surface area contributed by atoms with E-state index in [4.69, 9.17) is 0 Å². The zero-order valence-electron chi connectivity index (χ0n) is 15.1. The Bertz CT molecular complexity index is 814. The Balaban J connectivity index is 1.59. The minimum Gasteiger partial charge on any atom is -0.322 e. The van der Waals surface area contributed by atoms with Crippen LogP contribution in [0.2, 0.25) is 0 Å². The molecule has 132 valence electrons. The summed E-state index contributed by atoms with van der Waals surface area (Å²) in [5.74, 6) is -0.0855. The SMILES string of the molecule is CCN(Cc1ccccc1)Cc1ccc(NC(=O)c2ccccc2)cc1. The van der Waals surface area contributed by atoms with Gasteiger partial charge in [-0.25, -0.2) is 0 Å². The van der Waals surface area contributed by atoms with E-state index in [0.29, 0.717) is 5.56 Å². The highest BCUT2D eigenvalue weighted by Crippen LogP contribution is 2.14. The smallest absolute Gasteiger partial charge is 0.255 e. The fourth-order valence-electron chi connectivity index (χ4n) is 2.87. The maximum Gasteiger partial charge on any atom is 0.255 e. The molecule has 0 heterocycles. The molecule has 3 rings (SSSR count). The van der Waals surface area contributed by atoms with Crippen molar-refractivity contribution < 1.29 is 4.79 Å². The standard InChI is InChI=1S/C23H24N2O/c1-2-25(17-19-9-5-3-6-10-19)18-20-13-15-22(16-14-20)24-23(26)21-11-7-4-8-12-21/h3-16H,2,17-18H2,1H3,(H,24,26). The van der Waals surface area contributed by atoms with E-state index in [1.54, 1.807) is 0 Å². The fraction of sp³-hybridized carbons (Fsp3) is 0.174. The van der Waals surface area contributed by atoms with Crippen molar-refractivity contribution in [3.05, 3.63) is 102 Å². The van der Waals surface area contributed by atoms with Gasteiger partial charge < -0.3 is 5.32 Å². The Hall–Kier alpha value is -2.91. The molecule has 0 atom stereocenters. The molecule has 0 saturated carbocycles. The molecule has 0 bridgehead atoms. The van der Waals surface area contributed by atoms with E-state index in [9.17, 15) is 4.79 Å². The quantitative estimate of drug-likeness (QED) is 0.657. The molecule has 0 spiro atoms. The average Bonchev–Trinajstić information content (AvgIpc) is 2.70. The van der Waals surface area contributed by atoms with Crippen molar-refractivity contribution in [2.75, 3.05) is 11.9 Å². The van der Waals surface area contributed by atoms with E-state index in [1.807, 2.05) is 48.5 Å². The van der Waals surface area contributed by atoms with Gasteiger partial charge in [0.1, 0.15) is 0 Å².